The van der Waals surface area contributed by atoms with Crippen LogP contribution in [0, 0.1) is 13.8 Å². The molecule has 0 radical (unpaired) electrons. The molecule has 3 aromatic rings. The Balaban J connectivity index is 2.21. The van der Waals surface area contributed by atoms with Crippen molar-refractivity contribution >= 4 is 21.1 Å². The van der Waals surface area contributed by atoms with E-state index in [1.165, 1.54) is 3.97 Å². The molecule has 0 bridgehead atoms. The first kappa shape index (κ1) is 12.9. The van der Waals surface area contributed by atoms with E-state index in [2.05, 4.69) is 4.98 Å². The van der Waals surface area contributed by atoms with Crippen LogP contribution < -0.4 is 0 Å². The Hall–Kier alpha value is -2.14. The fourth-order valence-corrected chi connectivity index (χ4v) is 3.44. The van der Waals surface area contributed by atoms with Gasteiger partial charge in [0, 0.05) is 17.8 Å². The summed E-state index contributed by atoms with van der Waals surface area (Å²) in [5.41, 5.74) is 2.48. The molecule has 20 heavy (non-hydrogen) atoms. The van der Waals surface area contributed by atoms with Crippen LogP contribution in [0.5, 0.6) is 0 Å². The van der Waals surface area contributed by atoms with Crippen LogP contribution in [0.1, 0.15) is 11.1 Å². The molecule has 0 N–H and O–H groups in total. The van der Waals surface area contributed by atoms with E-state index in [-0.39, 0.29) is 4.90 Å². The Kier molecular flexibility index (Phi) is 2.87. The Morgan fingerprint density at radius 2 is 1.70 bits per heavy atom. The monoisotopic (exact) mass is 286 g/mol. The summed E-state index contributed by atoms with van der Waals surface area (Å²) in [6.07, 6.45) is 3.22. The van der Waals surface area contributed by atoms with Crippen molar-refractivity contribution in [3.8, 4) is 0 Å². The van der Waals surface area contributed by atoms with Gasteiger partial charge in [0.15, 0.2) is 5.65 Å². The summed E-state index contributed by atoms with van der Waals surface area (Å²) in [7, 11) is -3.60. The van der Waals surface area contributed by atoms with Gasteiger partial charge in [-0.1, -0.05) is 17.7 Å². The summed E-state index contributed by atoms with van der Waals surface area (Å²) in [5, 5.41) is 0.820. The van der Waals surface area contributed by atoms with Gasteiger partial charge in [-0.25, -0.2) is 17.4 Å². The van der Waals surface area contributed by atoms with Crippen molar-refractivity contribution in [3.63, 3.8) is 0 Å². The maximum absolute atomic E-state index is 12.6. The van der Waals surface area contributed by atoms with E-state index in [1.807, 2.05) is 19.9 Å². The van der Waals surface area contributed by atoms with Crippen LogP contribution in [-0.2, 0) is 10.0 Å². The van der Waals surface area contributed by atoms with Crippen LogP contribution in [-0.4, -0.2) is 17.4 Å². The van der Waals surface area contributed by atoms with Gasteiger partial charge >= 0.3 is 0 Å². The van der Waals surface area contributed by atoms with Crippen molar-refractivity contribution < 1.29 is 8.42 Å². The lowest BCUT2D eigenvalue weighted by Crippen LogP contribution is -2.12. The number of nitrogens with zero attached hydrogens (tertiary/aromatic N) is 2. The number of benzene rings is 1. The van der Waals surface area contributed by atoms with Crippen LogP contribution in [0.15, 0.2) is 53.7 Å². The summed E-state index contributed by atoms with van der Waals surface area (Å²) >= 11 is 0. The number of fused-ring (bicyclic) bond motifs is 1. The molecular formula is C15H14N2O2S. The second-order valence-electron chi connectivity index (χ2n) is 4.86. The average molecular weight is 286 g/mol. The Morgan fingerprint density at radius 3 is 2.40 bits per heavy atom. The minimum atomic E-state index is -3.60. The summed E-state index contributed by atoms with van der Waals surface area (Å²) in [4.78, 5) is 4.50. The van der Waals surface area contributed by atoms with Gasteiger partial charge in [0.1, 0.15) is 0 Å². The predicted molar refractivity (Wildman–Crippen MR) is 78.2 cm³/mol. The third-order valence-electron chi connectivity index (χ3n) is 3.21. The predicted octanol–water partition coefficient (Wildman–Crippen LogP) is 2.89. The maximum atomic E-state index is 12.6. The highest BCUT2D eigenvalue weighted by Gasteiger charge is 2.19. The molecule has 102 valence electrons. The number of rotatable bonds is 2. The van der Waals surface area contributed by atoms with Gasteiger partial charge in [-0.2, -0.15) is 0 Å². The van der Waals surface area contributed by atoms with Crippen molar-refractivity contribution in [3.05, 3.63) is 59.9 Å². The SMILES string of the molecule is Cc1ccc(S(=O)(=O)n2ccc3cc(C)cnc32)cc1. The fourth-order valence-electron chi connectivity index (χ4n) is 2.13. The van der Waals surface area contributed by atoms with E-state index in [9.17, 15) is 8.42 Å². The smallest absolute Gasteiger partial charge is 0.237 e. The Labute approximate surface area is 117 Å². The minimum Gasteiger partial charge on any atom is -0.237 e. The summed E-state index contributed by atoms with van der Waals surface area (Å²) in [5.74, 6) is 0. The van der Waals surface area contributed by atoms with E-state index in [1.54, 1.807) is 42.7 Å². The summed E-state index contributed by atoms with van der Waals surface area (Å²) < 4.78 is 26.5. The molecule has 0 aliphatic rings. The van der Waals surface area contributed by atoms with Crippen LogP contribution in [0.2, 0.25) is 0 Å². The molecular weight excluding hydrogens is 272 g/mol. The first-order valence-corrected chi connectivity index (χ1v) is 7.68. The van der Waals surface area contributed by atoms with Crippen molar-refractivity contribution in [2.75, 3.05) is 0 Å². The van der Waals surface area contributed by atoms with E-state index >= 15 is 0 Å². The van der Waals surface area contributed by atoms with Gasteiger partial charge in [-0.05, 0) is 43.7 Å². The fraction of sp³-hybridized carbons (Fsp3) is 0.133. The van der Waals surface area contributed by atoms with Gasteiger partial charge < -0.3 is 0 Å². The lowest BCUT2D eigenvalue weighted by Gasteiger charge is -2.07. The number of hydrogen-bond donors (Lipinski definition) is 0. The molecule has 5 heteroatoms. The molecule has 0 saturated carbocycles. The molecule has 0 unspecified atom stereocenters. The van der Waals surface area contributed by atoms with Gasteiger partial charge in [0.2, 0.25) is 0 Å². The largest absolute Gasteiger partial charge is 0.269 e. The number of aryl methyl sites for hydroxylation is 2. The van der Waals surface area contributed by atoms with Crippen LogP contribution in [0.25, 0.3) is 11.0 Å². The molecule has 0 fully saturated rings. The van der Waals surface area contributed by atoms with Gasteiger partial charge in [-0.15, -0.1) is 0 Å². The third-order valence-corrected chi connectivity index (χ3v) is 4.89. The lowest BCUT2D eigenvalue weighted by atomic mass is 10.2. The Bertz CT molecular complexity index is 878. The Morgan fingerprint density at radius 1 is 1.00 bits per heavy atom. The van der Waals surface area contributed by atoms with Crippen molar-refractivity contribution in [1.29, 1.82) is 0 Å². The zero-order valence-corrected chi connectivity index (χ0v) is 12.1. The molecule has 1 aromatic carbocycles. The lowest BCUT2D eigenvalue weighted by molar-refractivity contribution is 0.588. The van der Waals surface area contributed by atoms with E-state index in [4.69, 9.17) is 0 Å². The summed E-state index contributed by atoms with van der Waals surface area (Å²) in [6.45, 7) is 3.85. The van der Waals surface area contributed by atoms with Crippen molar-refractivity contribution in [1.82, 2.24) is 8.96 Å². The second-order valence-corrected chi connectivity index (χ2v) is 6.67. The highest BCUT2D eigenvalue weighted by atomic mass is 32.2. The van der Waals surface area contributed by atoms with Crippen LogP contribution in [0.3, 0.4) is 0 Å². The molecule has 2 aromatic heterocycles. The highest BCUT2D eigenvalue weighted by Crippen LogP contribution is 2.21. The maximum Gasteiger partial charge on any atom is 0.269 e. The number of aromatic nitrogens is 2. The highest BCUT2D eigenvalue weighted by molar-refractivity contribution is 7.90. The molecule has 0 atom stereocenters. The van der Waals surface area contributed by atoms with Gasteiger partial charge in [-0.3, -0.25) is 0 Å². The molecule has 3 rings (SSSR count). The minimum absolute atomic E-state index is 0.267. The third kappa shape index (κ3) is 2.00. The molecule has 0 amide bonds. The quantitative estimate of drug-likeness (QED) is 0.728. The molecule has 0 aliphatic carbocycles. The molecule has 0 saturated heterocycles. The summed E-state index contributed by atoms with van der Waals surface area (Å²) in [6, 6.07) is 10.5. The van der Waals surface area contributed by atoms with Crippen LogP contribution >= 0.6 is 0 Å². The molecule has 0 spiro atoms. The number of pyridine rings is 1. The molecule has 0 aliphatic heterocycles. The first-order chi connectivity index (χ1) is 9.48. The molecule has 2 heterocycles. The van der Waals surface area contributed by atoms with Crippen molar-refractivity contribution in [2.24, 2.45) is 0 Å². The topological polar surface area (TPSA) is 52.0 Å². The van der Waals surface area contributed by atoms with E-state index in [0.29, 0.717) is 5.65 Å². The zero-order valence-electron chi connectivity index (χ0n) is 11.2. The standard InChI is InChI=1S/C15H14N2O2S/c1-11-3-5-14(6-4-11)20(18,19)17-8-7-13-9-12(2)10-16-15(13)17/h3-10H,1-2H3. The molecule has 4 nitrogen and oxygen atoms in total. The van der Waals surface area contributed by atoms with E-state index < -0.39 is 10.0 Å². The van der Waals surface area contributed by atoms with Gasteiger partial charge in [0.05, 0.1) is 4.90 Å². The van der Waals surface area contributed by atoms with Crippen molar-refractivity contribution in [2.45, 2.75) is 18.7 Å². The van der Waals surface area contributed by atoms with E-state index in [0.717, 1.165) is 16.5 Å². The average Bonchev–Trinajstić information content (AvgIpc) is 2.82. The second kappa shape index (κ2) is 4.45. The normalized spacial score (nSPS) is 11.9. The van der Waals surface area contributed by atoms with Gasteiger partial charge in [0.25, 0.3) is 10.0 Å². The zero-order chi connectivity index (χ0) is 14.3. The van der Waals surface area contributed by atoms with Crippen LogP contribution in [0.4, 0.5) is 0 Å². The first-order valence-electron chi connectivity index (χ1n) is 6.24. The number of hydrogen-bond acceptors (Lipinski definition) is 3.